The SMILES string of the molecule is COC(=O)c1c(SCc2ccccc2Cl)nc2ccccc2c1OCc1cccc(C(F)(F)F)c1. The molecule has 0 saturated heterocycles. The van der Waals surface area contributed by atoms with Crippen LogP contribution in [0.15, 0.2) is 77.8 Å². The standard InChI is InChI=1S/C26H19ClF3NO3S/c1-33-25(32)22-23(34-14-16-7-6-9-18(13-16)26(28,29)30)19-10-3-5-12-21(19)31-24(22)35-15-17-8-2-4-11-20(17)27/h2-13H,14-15H2,1H3. The first-order valence-electron chi connectivity index (χ1n) is 10.4. The molecule has 4 nitrogen and oxygen atoms in total. The van der Waals surface area contributed by atoms with Crippen LogP contribution in [0.3, 0.4) is 0 Å². The zero-order valence-electron chi connectivity index (χ0n) is 18.4. The Morgan fingerprint density at radius 2 is 1.77 bits per heavy atom. The monoisotopic (exact) mass is 517 g/mol. The number of nitrogens with zero attached hydrogens (tertiary/aromatic N) is 1. The van der Waals surface area contributed by atoms with Crippen molar-refractivity contribution in [1.82, 2.24) is 4.98 Å². The highest BCUT2D eigenvalue weighted by Gasteiger charge is 2.30. The number of benzene rings is 3. The van der Waals surface area contributed by atoms with Crippen LogP contribution in [0.4, 0.5) is 13.2 Å². The zero-order chi connectivity index (χ0) is 25.0. The second-order valence-corrected chi connectivity index (χ2v) is 8.87. The summed E-state index contributed by atoms with van der Waals surface area (Å²) in [6.07, 6.45) is -4.47. The third-order valence-corrected chi connectivity index (χ3v) is 6.55. The van der Waals surface area contributed by atoms with Crippen LogP contribution >= 0.6 is 23.4 Å². The summed E-state index contributed by atoms with van der Waals surface area (Å²) < 4.78 is 50.4. The summed E-state index contributed by atoms with van der Waals surface area (Å²) >= 11 is 7.57. The summed E-state index contributed by atoms with van der Waals surface area (Å²) in [6, 6.07) is 19.3. The molecular formula is C26H19ClF3NO3S. The van der Waals surface area contributed by atoms with Crippen LogP contribution in [0.25, 0.3) is 10.9 Å². The lowest BCUT2D eigenvalue weighted by Crippen LogP contribution is -2.10. The van der Waals surface area contributed by atoms with Crippen LogP contribution in [0.1, 0.15) is 27.0 Å². The van der Waals surface area contributed by atoms with Gasteiger partial charge in [0.2, 0.25) is 0 Å². The van der Waals surface area contributed by atoms with Gasteiger partial charge in [0.15, 0.2) is 0 Å². The molecule has 9 heteroatoms. The molecule has 0 N–H and O–H groups in total. The third kappa shape index (κ3) is 5.71. The molecule has 0 aliphatic rings. The molecule has 1 heterocycles. The van der Waals surface area contributed by atoms with E-state index in [1.807, 2.05) is 18.2 Å². The van der Waals surface area contributed by atoms with Gasteiger partial charge in [-0.15, -0.1) is 11.8 Å². The molecule has 4 rings (SSSR count). The largest absolute Gasteiger partial charge is 0.487 e. The van der Waals surface area contributed by atoms with Crippen LogP contribution in [-0.4, -0.2) is 18.1 Å². The second kappa shape index (κ2) is 10.6. The van der Waals surface area contributed by atoms with Gasteiger partial charge in [0, 0.05) is 16.2 Å². The van der Waals surface area contributed by atoms with Crippen molar-refractivity contribution in [2.75, 3.05) is 7.11 Å². The predicted molar refractivity (Wildman–Crippen MR) is 130 cm³/mol. The first-order chi connectivity index (χ1) is 16.8. The minimum absolute atomic E-state index is 0.107. The Bertz CT molecular complexity index is 1380. The summed E-state index contributed by atoms with van der Waals surface area (Å²) in [5, 5.41) is 1.50. The molecule has 0 atom stereocenters. The van der Waals surface area contributed by atoms with Crippen LogP contribution < -0.4 is 4.74 Å². The van der Waals surface area contributed by atoms with Crippen molar-refractivity contribution in [2.24, 2.45) is 0 Å². The van der Waals surface area contributed by atoms with Crippen molar-refractivity contribution >= 4 is 40.2 Å². The highest BCUT2D eigenvalue weighted by Crippen LogP contribution is 2.38. The second-order valence-electron chi connectivity index (χ2n) is 7.50. The van der Waals surface area contributed by atoms with E-state index in [0.29, 0.717) is 32.3 Å². The van der Waals surface area contributed by atoms with Crippen molar-refractivity contribution in [3.8, 4) is 5.75 Å². The Labute approximate surface area is 209 Å². The van der Waals surface area contributed by atoms with Gasteiger partial charge in [0.1, 0.15) is 22.9 Å². The lowest BCUT2D eigenvalue weighted by atomic mass is 10.1. The normalized spacial score (nSPS) is 11.5. The fraction of sp³-hybridized carbons (Fsp3) is 0.154. The van der Waals surface area contributed by atoms with E-state index in [2.05, 4.69) is 4.98 Å². The number of hydrogen-bond acceptors (Lipinski definition) is 5. The van der Waals surface area contributed by atoms with Crippen LogP contribution in [0.5, 0.6) is 5.75 Å². The van der Waals surface area contributed by atoms with E-state index in [1.54, 1.807) is 30.3 Å². The minimum atomic E-state index is -4.47. The van der Waals surface area contributed by atoms with Crippen molar-refractivity contribution in [1.29, 1.82) is 0 Å². The highest BCUT2D eigenvalue weighted by molar-refractivity contribution is 7.98. The number of pyridine rings is 1. The maximum atomic E-state index is 13.1. The molecule has 0 spiro atoms. The molecule has 1 aromatic heterocycles. The Morgan fingerprint density at radius 3 is 2.51 bits per heavy atom. The van der Waals surface area contributed by atoms with Crippen molar-refractivity contribution < 1.29 is 27.4 Å². The van der Waals surface area contributed by atoms with E-state index in [-0.39, 0.29) is 17.9 Å². The number of aromatic nitrogens is 1. The van der Waals surface area contributed by atoms with Gasteiger partial charge in [-0.25, -0.2) is 9.78 Å². The Hall–Kier alpha value is -3.23. The van der Waals surface area contributed by atoms with Gasteiger partial charge in [0.25, 0.3) is 0 Å². The Kier molecular flexibility index (Phi) is 7.52. The minimum Gasteiger partial charge on any atom is -0.487 e. The number of rotatable bonds is 7. The number of fused-ring (bicyclic) bond motifs is 1. The van der Waals surface area contributed by atoms with Gasteiger partial charge in [0.05, 0.1) is 18.2 Å². The summed E-state index contributed by atoms with van der Waals surface area (Å²) in [6.45, 7) is -0.184. The van der Waals surface area contributed by atoms with Crippen LogP contribution in [0.2, 0.25) is 5.02 Å². The maximum absolute atomic E-state index is 13.1. The van der Waals surface area contributed by atoms with E-state index >= 15 is 0 Å². The fourth-order valence-corrected chi connectivity index (χ4v) is 4.76. The van der Waals surface area contributed by atoms with Crippen LogP contribution in [-0.2, 0) is 23.3 Å². The van der Waals surface area contributed by atoms with Crippen molar-refractivity contribution in [3.05, 3.63) is 100 Å². The number of hydrogen-bond donors (Lipinski definition) is 0. The maximum Gasteiger partial charge on any atom is 0.416 e. The molecule has 0 aliphatic carbocycles. The van der Waals surface area contributed by atoms with E-state index in [1.165, 1.54) is 31.0 Å². The Balaban J connectivity index is 1.75. The number of carbonyl (C=O) groups is 1. The highest BCUT2D eigenvalue weighted by atomic mass is 35.5. The van der Waals surface area contributed by atoms with E-state index < -0.39 is 17.7 Å². The molecule has 180 valence electrons. The van der Waals surface area contributed by atoms with Crippen molar-refractivity contribution in [3.63, 3.8) is 0 Å². The predicted octanol–water partition coefficient (Wildman–Crippen LogP) is 7.56. The summed E-state index contributed by atoms with van der Waals surface area (Å²) in [7, 11) is 1.25. The van der Waals surface area contributed by atoms with Gasteiger partial charge < -0.3 is 9.47 Å². The lowest BCUT2D eigenvalue weighted by Gasteiger charge is -2.17. The third-order valence-electron chi connectivity index (χ3n) is 5.16. The number of methoxy groups -OCH3 is 1. The zero-order valence-corrected chi connectivity index (χ0v) is 20.0. The average Bonchev–Trinajstić information content (AvgIpc) is 2.85. The molecule has 0 fully saturated rings. The quantitative estimate of drug-likeness (QED) is 0.187. The molecule has 0 unspecified atom stereocenters. The smallest absolute Gasteiger partial charge is 0.416 e. The molecule has 0 bridgehead atoms. The van der Waals surface area contributed by atoms with Crippen LogP contribution in [0, 0.1) is 0 Å². The molecular weight excluding hydrogens is 499 g/mol. The van der Waals surface area contributed by atoms with Gasteiger partial charge in [-0.2, -0.15) is 13.2 Å². The summed E-state index contributed by atoms with van der Waals surface area (Å²) in [5.41, 5.74) is 1.07. The number of para-hydroxylation sites is 1. The average molecular weight is 518 g/mol. The molecule has 0 amide bonds. The first-order valence-corrected chi connectivity index (χ1v) is 11.8. The van der Waals surface area contributed by atoms with E-state index in [9.17, 15) is 18.0 Å². The Morgan fingerprint density at radius 1 is 1.03 bits per heavy atom. The van der Waals surface area contributed by atoms with Crippen molar-refractivity contribution in [2.45, 2.75) is 23.6 Å². The topological polar surface area (TPSA) is 48.4 Å². The number of thioether (sulfide) groups is 1. The molecule has 0 aliphatic heterocycles. The number of halogens is 4. The van der Waals surface area contributed by atoms with Gasteiger partial charge in [-0.05, 0) is 41.5 Å². The number of carbonyl (C=O) groups excluding carboxylic acids is 1. The summed E-state index contributed by atoms with van der Waals surface area (Å²) in [4.78, 5) is 17.5. The van der Waals surface area contributed by atoms with Gasteiger partial charge >= 0.3 is 12.1 Å². The van der Waals surface area contributed by atoms with Gasteiger partial charge in [-0.1, -0.05) is 54.1 Å². The van der Waals surface area contributed by atoms with E-state index in [0.717, 1.165) is 17.7 Å². The molecule has 0 radical (unpaired) electrons. The molecule has 4 aromatic rings. The molecule has 35 heavy (non-hydrogen) atoms. The fourth-order valence-electron chi connectivity index (χ4n) is 3.45. The lowest BCUT2D eigenvalue weighted by molar-refractivity contribution is -0.137. The molecule has 3 aromatic carbocycles. The van der Waals surface area contributed by atoms with Gasteiger partial charge in [-0.3, -0.25) is 0 Å². The first kappa shape index (κ1) is 24.9. The number of esters is 1. The van der Waals surface area contributed by atoms with E-state index in [4.69, 9.17) is 21.1 Å². The molecule has 0 saturated carbocycles. The number of alkyl halides is 3. The number of ether oxygens (including phenoxy) is 2. The summed E-state index contributed by atoms with van der Waals surface area (Å²) in [5.74, 6) is -0.0345.